The van der Waals surface area contributed by atoms with Crippen LogP contribution in [-0.4, -0.2) is 49.5 Å². The van der Waals surface area contributed by atoms with Crippen LogP contribution in [0.25, 0.3) is 21.9 Å². The lowest BCUT2D eigenvalue weighted by atomic mass is 9.98. The second-order valence-corrected chi connectivity index (χ2v) is 13.5. The molecule has 1 fully saturated rings. The van der Waals surface area contributed by atoms with E-state index < -0.39 is 0 Å². The van der Waals surface area contributed by atoms with E-state index in [0.717, 1.165) is 42.9 Å². The number of pyridine rings is 1. The van der Waals surface area contributed by atoms with Crippen LogP contribution in [0.3, 0.4) is 0 Å². The van der Waals surface area contributed by atoms with Gasteiger partial charge in [-0.1, -0.05) is 48.0 Å². The summed E-state index contributed by atoms with van der Waals surface area (Å²) in [6, 6.07) is 21.9. The zero-order valence-corrected chi connectivity index (χ0v) is 27.2. The molecule has 1 atom stereocenters. The molecule has 0 amide bonds. The van der Waals surface area contributed by atoms with Crippen molar-refractivity contribution in [3.63, 3.8) is 0 Å². The molecule has 5 aromatic rings. The third kappa shape index (κ3) is 6.11. The fourth-order valence-electron chi connectivity index (χ4n) is 6.51. The maximum absolute atomic E-state index is 12.1. The van der Waals surface area contributed by atoms with Crippen LogP contribution in [0.2, 0.25) is 5.02 Å². The third-order valence-electron chi connectivity index (χ3n) is 9.03. The first-order chi connectivity index (χ1) is 22.7. The van der Waals surface area contributed by atoms with Gasteiger partial charge in [0.25, 0.3) is 0 Å². The minimum atomic E-state index is -0.311. The highest BCUT2D eigenvalue weighted by molar-refractivity contribution is 6.36. The van der Waals surface area contributed by atoms with Gasteiger partial charge in [0.2, 0.25) is 0 Å². The van der Waals surface area contributed by atoms with E-state index >= 15 is 0 Å². The molecule has 47 heavy (non-hydrogen) atoms. The molecule has 7 rings (SSSR count). The number of nitrogens with one attached hydrogen (secondary N) is 6. The predicted octanol–water partition coefficient (Wildman–Crippen LogP) is 6.26. The van der Waals surface area contributed by atoms with Gasteiger partial charge in [-0.25, -0.2) is 4.79 Å². The number of hydrogen-bond donors (Lipinski definition) is 6. The molecule has 3 aromatic carbocycles. The maximum atomic E-state index is 12.1. The molecule has 0 saturated carbocycles. The highest BCUT2D eigenvalue weighted by atomic mass is 35.5. The molecule has 0 unspecified atom stereocenters. The van der Waals surface area contributed by atoms with Crippen molar-refractivity contribution in [3.8, 4) is 6.07 Å². The van der Waals surface area contributed by atoms with Crippen molar-refractivity contribution in [1.29, 1.82) is 5.26 Å². The fraction of sp³-hybridized carbons (Fsp3) is 0.286. The average Bonchev–Trinajstić information content (AvgIpc) is 3.71. The number of nitriles is 1. The predicted molar refractivity (Wildman–Crippen MR) is 187 cm³/mol. The van der Waals surface area contributed by atoms with Crippen molar-refractivity contribution < 1.29 is 0 Å². The molecule has 0 aliphatic carbocycles. The van der Waals surface area contributed by atoms with Gasteiger partial charge in [0.05, 0.1) is 50.2 Å². The zero-order chi connectivity index (χ0) is 32.7. The first kappa shape index (κ1) is 30.6. The van der Waals surface area contributed by atoms with Gasteiger partial charge >= 0.3 is 5.69 Å². The molecule has 0 bridgehead atoms. The molecule has 11 nitrogen and oxygen atoms in total. The molecule has 2 aliphatic heterocycles. The summed E-state index contributed by atoms with van der Waals surface area (Å²) in [5.41, 5.74) is 12.8. The number of halogens is 1. The van der Waals surface area contributed by atoms with Crippen molar-refractivity contribution in [2.24, 2.45) is 0 Å². The van der Waals surface area contributed by atoms with Crippen LogP contribution in [0.1, 0.15) is 50.8 Å². The number of nitrogens with zero attached hydrogens (tertiary/aromatic N) is 4. The summed E-state index contributed by atoms with van der Waals surface area (Å²) in [4.78, 5) is 24.7. The third-order valence-corrected chi connectivity index (χ3v) is 9.31. The Morgan fingerprint density at radius 2 is 1.85 bits per heavy atom. The minimum absolute atomic E-state index is 0.166. The summed E-state index contributed by atoms with van der Waals surface area (Å²) in [6.07, 6.45) is 5.79. The van der Waals surface area contributed by atoms with E-state index in [1.54, 1.807) is 0 Å². The lowest BCUT2D eigenvalue weighted by Crippen LogP contribution is -2.52. The number of likely N-dealkylation sites (tertiary alicyclic amines) is 1. The quantitative estimate of drug-likeness (QED) is 0.121. The van der Waals surface area contributed by atoms with Crippen LogP contribution in [0.4, 0.5) is 17.1 Å². The Bertz CT molecular complexity index is 2070. The van der Waals surface area contributed by atoms with Crippen molar-refractivity contribution in [3.05, 3.63) is 105 Å². The van der Waals surface area contributed by atoms with Crippen molar-refractivity contribution in [2.45, 2.75) is 51.2 Å². The lowest BCUT2D eigenvalue weighted by Gasteiger charge is -2.42. The second kappa shape index (κ2) is 12.3. The van der Waals surface area contributed by atoms with Crippen LogP contribution in [0, 0.1) is 11.3 Å². The largest absolute Gasteiger partial charge is 0.373 e. The van der Waals surface area contributed by atoms with Crippen LogP contribution < -0.4 is 27.3 Å². The second-order valence-electron chi connectivity index (χ2n) is 13.1. The summed E-state index contributed by atoms with van der Waals surface area (Å²) in [5.74, 6) is 0. The number of fused-ring (bicyclic) bond motifs is 2. The van der Waals surface area contributed by atoms with Crippen LogP contribution in [-0.2, 0) is 0 Å². The topological polar surface area (TPSA) is 140 Å². The number of piperidine rings is 1. The number of hydrazine groups is 2. The number of aromatic nitrogens is 3. The van der Waals surface area contributed by atoms with Crippen molar-refractivity contribution >= 4 is 50.6 Å². The van der Waals surface area contributed by atoms with Crippen LogP contribution in [0.15, 0.2) is 83.6 Å². The summed E-state index contributed by atoms with van der Waals surface area (Å²) < 4.78 is 0. The van der Waals surface area contributed by atoms with E-state index in [1.807, 2.05) is 48.5 Å². The molecular formula is C35H37ClN10O. The number of benzene rings is 3. The normalized spacial score (nSPS) is 16.6. The molecule has 240 valence electrons. The molecule has 2 aliphatic rings. The number of H-pyrrole nitrogens is 2. The minimum Gasteiger partial charge on any atom is -0.373 e. The average molecular weight is 649 g/mol. The van der Waals surface area contributed by atoms with Gasteiger partial charge in [0.15, 0.2) is 0 Å². The monoisotopic (exact) mass is 648 g/mol. The Kier molecular flexibility index (Phi) is 8.01. The number of hydrogen-bond acceptors (Lipinski definition) is 9. The van der Waals surface area contributed by atoms with Gasteiger partial charge in [-0.2, -0.15) is 5.26 Å². The molecule has 1 saturated heterocycles. The van der Waals surface area contributed by atoms with Gasteiger partial charge in [0, 0.05) is 48.1 Å². The van der Waals surface area contributed by atoms with E-state index in [4.69, 9.17) is 11.6 Å². The Balaban J connectivity index is 1.23. The summed E-state index contributed by atoms with van der Waals surface area (Å²) in [6.45, 7) is 8.93. The first-order valence-corrected chi connectivity index (χ1v) is 16.1. The number of aromatic amines is 2. The van der Waals surface area contributed by atoms with E-state index in [-0.39, 0.29) is 17.3 Å². The van der Waals surface area contributed by atoms with Gasteiger partial charge < -0.3 is 26.0 Å². The number of imidazole rings is 1. The van der Waals surface area contributed by atoms with E-state index in [0.29, 0.717) is 49.9 Å². The summed E-state index contributed by atoms with van der Waals surface area (Å²) in [5, 5.41) is 20.5. The molecular weight excluding hydrogens is 612 g/mol. The molecule has 2 aromatic heterocycles. The van der Waals surface area contributed by atoms with Gasteiger partial charge in [-0.3, -0.25) is 14.9 Å². The number of rotatable bonds is 7. The molecule has 0 radical (unpaired) electrons. The zero-order valence-electron chi connectivity index (χ0n) is 26.5. The Hall–Kier alpha value is -5.02. The Labute approximate surface area is 277 Å². The Morgan fingerprint density at radius 3 is 2.60 bits per heavy atom. The molecule has 12 heteroatoms. The molecule has 6 N–H and O–H groups in total. The Morgan fingerprint density at radius 1 is 1.06 bits per heavy atom. The fourth-order valence-corrected chi connectivity index (χ4v) is 6.78. The van der Waals surface area contributed by atoms with E-state index in [9.17, 15) is 10.1 Å². The summed E-state index contributed by atoms with van der Waals surface area (Å²) in [7, 11) is 0. The van der Waals surface area contributed by atoms with Gasteiger partial charge in [0.1, 0.15) is 6.07 Å². The number of anilines is 3. The van der Waals surface area contributed by atoms with Crippen molar-refractivity contribution in [2.75, 3.05) is 23.7 Å². The molecule has 4 heterocycles. The summed E-state index contributed by atoms with van der Waals surface area (Å²) >= 11 is 6.87. The van der Waals surface area contributed by atoms with E-state index in [2.05, 4.69) is 91.6 Å². The highest BCUT2D eigenvalue weighted by Gasteiger charge is 2.32. The number of para-hydroxylation sites is 1. The SMILES string of the molecule is CC(C)(C)N1CCC(N2C=C([C@@H](Nc3cc(Cl)c4ncc(C#N)c(Nc5cccc6[nH]c(=O)[nH]c56)c4c3)c3ccccc3)NN2)CC1. The van der Waals surface area contributed by atoms with Gasteiger partial charge in [-0.15, -0.1) is 5.53 Å². The highest BCUT2D eigenvalue weighted by Crippen LogP contribution is 2.38. The standard InChI is InChI=1S/C35H37ClN10O/c1-35(2,3)45-14-12-24(13-15-45)46-20-29(43-44-46)31(21-8-5-4-6-9-21)39-23-16-25-30(22(18-37)19-38-32(25)26(36)17-23)40-27-10-7-11-28-33(27)42-34(47)41-28/h4-11,16-17,19-20,24,31,39,43-44H,12-15H2,1-3H3,(H,38,40)(H2,41,42,47)/t31-/m0/s1. The molecule has 0 spiro atoms. The smallest absolute Gasteiger partial charge is 0.323 e. The van der Waals surface area contributed by atoms with Gasteiger partial charge in [-0.05, 0) is 63.4 Å². The lowest BCUT2D eigenvalue weighted by molar-refractivity contribution is 0.0570. The first-order valence-electron chi connectivity index (χ1n) is 15.8. The van der Waals surface area contributed by atoms with Crippen molar-refractivity contribution in [1.82, 2.24) is 35.8 Å². The maximum Gasteiger partial charge on any atom is 0.323 e. The van der Waals surface area contributed by atoms with E-state index in [1.165, 1.54) is 6.20 Å². The van der Waals surface area contributed by atoms with Crippen LogP contribution >= 0.6 is 11.6 Å². The van der Waals surface area contributed by atoms with Crippen LogP contribution in [0.5, 0.6) is 0 Å².